The predicted molar refractivity (Wildman–Crippen MR) is 31.0 cm³/mol. The van der Waals surface area contributed by atoms with Crippen molar-refractivity contribution in [3.05, 3.63) is 0 Å². The van der Waals surface area contributed by atoms with E-state index in [4.69, 9.17) is 18.1 Å². The van der Waals surface area contributed by atoms with Gasteiger partial charge in [-0.3, -0.25) is 14.4 Å². The Bertz CT molecular complexity index is 246. The zero-order valence-corrected chi connectivity index (χ0v) is 5.14. The van der Waals surface area contributed by atoms with Gasteiger partial charge >= 0.3 is 17.9 Å². The van der Waals surface area contributed by atoms with E-state index in [1.807, 2.05) is 0 Å². The molecule has 0 saturated carbocycles. The number of carboxylic acid groups (broad SMARTS) is 3. The van der Waals surface area contributed by atoms with E-state index in [0.717, 1.165) is 0 Å². The number of carboxylic acids is 3. The van der Waals surface area contributed by atoms with Crippen molar-refractivity contribution in [3.8, 4) is 0 Å². The van der Waals surface area contributed by atoms with Crippen molar-refractivity contribution < 1.29 is 32.4 Å². The number of rotatable bonds is 4. The van der Waals surface area contributed by atoms with Crippen LogP contribution in [-0.4, -0.2) is 33.2 Å². The average molecular weight is 164 g/mol. The Morgan fingerprint density at radius 3 is 1.64 bits per heavy atom. The van der Waals surface area contributed by atoms with Crippen molar-refractivity contribution >= 4 is 17.9 Å². The minimum atomic E-state index is -3.32. The molecule has 0 amide bonds. The minimum Gasteiger partial charge on any atom is -0.481 e. The summed E-state index contributed by atoms with van der Waals surface area (Å²) in [5.41, 5.74) is 0. The molecule has 0 aliphatic heterocycles. The van der Waals surface area contributed by atoms with Gasteiger partial charge in [0.05, 0.1) is 6.37 Å². The second-order valence-electron chi connectivity index (χ2n) is 1.56. The van der Waals surface area contributed by atoms with Gasteiger partial charge in [-0.15, -0.1) is 0 Å². The van der Waals surface area contributed by atoms with Crippen LogP contribution in [0.4, 0.5) is 0 Å². The summed E-state index contributed by atoms with van der Waals surface area (Å²) in [6.07, 6.45) is -3.32. The molecule has 0 aliphatic carbocycles. The average Bonchev–Trinajstić information content (AvgIpc) is 1.82. The summed E-state index contributed by atoms with van der Waals surface area (Å²) < 4.78 is 13.4. The van der Waals surface area contributed by atoms with Crippen molar-refractivity contribution in [1.29, 1.82) is 0 Å². The van der Waals surface area contributed by atoms with Crippen LogP contribution in [0.25, 0.3) is 0 Å². The van der Waals surface area contributed by atoms with E-state index in [9.17, 15) is 14.4 Å². The van der Waals surface area contributed by atoms with Gasteiger partial charge in [0.2, 0.25) is 0 Å². The monoisotopic (exact) mass is 164 g/mol. The summed E-state index contributed by atoms with van der Waals surface area (Å²) in [6, 6.07) is 0. The van der Waals surface area contributed by atoms with Crippen LogP contribution < -0.4 is 0 Å². The molecule has 0 heterocycles. The Balaban J connectivity index is 5.06. The molecule has 62 valence electrons. The van der Waals surface area contributed by atoms with E-state index in [-0.39, 0.29) is 0 Å². The molecule has 3 N–H and O–H groups in total. The van der Waals surface area contributed by atoms with E-state index in [1.54, 1.807) is 0 Å². The van der Waals surface area contributed by atoms with Crippen LogP contribution in [0.15, 0.2) is 0 Å². The molecule has 0 fully saturated rings. The molecular formula is C5H6O6. The van der Waals surface area contributed by atoms with Gasteiger partial charge in [0.15, 0.2) is 5.92 Å². The van der Waals surface area contributed by atoms with Gasteiger partial charge in [-0.2, -0.15) is 0 Å². The molecule has 0 bridgehead atoms. The maximum Gasteiger partial charge on any atom is 0.318 e. The van der Waals surface area contributed by atoms with Gasteiger partial charge < -0.3 is 15.3 Å². The fourth-order valence-electron chi connectivity index (χ4n) is 0.353. The first-order valence-electron chi connectivity index (χ1n) is 3.40. The predicted octanol–water partition coefficient (Wildman–Crippen LogP) is -0.754. The largest absolute Gasteiger partial charge is 0.481 e. The number of hydrogen-bond acceptors (Lipinski definition) is 3. The van der Waals surface area contributed by atoms with Crippen LogP contribution in [0, 0.1) is 5.92 Å². The lowest BCUT2D eigenvalue weighted by molar-refractivity contribution is -0.159. The Morgan fingerprint density at radius 2 is 1.55 bits per heavy atom. The zero-order valence-electron chi connectivity index (χ0n) is 7.14. The van der Waals surface area contributed by atoms with Gasteiger partial charge in [0.25, 0.3) is 0 Å². The number of aliphatic carboxylic acids is 3. The maximum absolute atomic E-state index is 10.2. The summed E-state index contributed by atoms with van der Waals surface area (Å²) in [5, 5.41) is 24.7. The summed E-state index contributed by atoms with van der Waals surface area (Å²) in [5.74, 6) is -8.79. The Hall–Kier alpha value is -1.59. The Morgan fingerprint density at radius 1 is 1.18 bits per heavy atom. The maximum atomic E-state index is 10.2. The Kier molecular flexibility index (Phi) is 1.98. The van der Waals surface area contributed by atoms with Crippen molar-refractivity contribution in [2.75, 3.05) is 0 Å². The first-order chi connectivity index (χ1) is 5.71. The van der Waals surface area contributed by atoms with E-state index in [1.165, 1.54) is 0 Å². The highest BCUT2D eigenvalue weighted by Crippen LogP contribution is 2.02. The van der Waals surface area contributed by atoms with Crippen LogP contribution in [0.1, 0.15) is 9.11 Å². The molecule has 0 spiro atoms. The molecular weight excluding hydrogens is 156 g/mol. The summed E-state index contributed by atoms with van der Waals surface area (Å²) in [4.78, 5) is 30.6. The van der Waals surface area contributed by atoms with Crippen LogP contribution in [0.2, 0.25) is 0 Å². The zero-order chi connectivity index (χ0) is 10.8. The van der Waals surface area contributed by atoms with Gasteiger partial charge in [-0.05, 0) is 0 Å². The quantitative estimate of drug-likeness (QED) is 0.471. The standard InChI is InChI=1S/C5H6O6/c6-3(7)1-2(4(8)9)5(10)11/h2H,1H2,(H,6,7)(H,8,9)(H,10,11)/i1D2. The molecule has 11 heavy (non-hydrogen) atoms. The van der Waals surface area contributed by atoms with Crippen molar-refractivity contribution in [2.45, 2.75) is 6.37 Å². The molecule has 0 rings (SSSR count). The van der Waals surface area contributed by atoms with Gasteiger partial charge in [0.1, 0.15) is 0 Å². The normalized spacial score (nSPS) is 13.5. The van der Waals surface area contributed by atoms with E-state index >= 15 is 0 Å². The first kappa shape index (κ1) is 6.14. The Labute approximate surface area is 63.9 Å². The van der Waals surface area contributed by atoms with Crippen molar-refractivity contribution in [3.63, 3.8) is 0 Å². The highest BCUT2D eigenvalue weighted by atomic mass is 16.4. The topological polar surface area (TPSA) is 112 Å². The van der Waals surface area contributed by atoms with Crippen LogP contribution in [0.5, 0.6) is 0 Å². The molecule has 0 atom stereocenters. The van der Waals surface area contributed by atoms with Gasteiger partial charge in [-0.1, -0.05) is 0 Å². The first-order valence-corrected chi connectivity index (χ1v) is 2.40. The van der Waals surface area contributed by atoms with Crippen LogP contribution >= 0.6 is 0 Å². The third-order valence-corrected chi connectivity index (χ3v) is 0.762. The lowest BCUT2D eigenvalue weighted by Crippen LogP contribution is -2.25. The fraction of sp³-hybridized carbons (Fsp3) is 0.400. The molecule has 0 saturated heterocycles. The molecule has 0 aliphatic rings. The molecule has 0 aromatic rings. The third-order valence-electron chi connectivity index (χ3n) is 0.762. The fourth-order valence-corrected chi connectivity index (χ4v) is 0.353. The second kappa shape index (κ2) is 3.55. The lowest BCUT2D eigenvalue weighted by atomic mass is 10.1. The van der Waals surface area contributed by atoms with Crippen LogP contribution in [0.3, 0.4) is 0 Å². The third kappa shape index (κ3) is 3.19. The van der Waals surface area contributed by atoms with Gasteiger partial charge in [0, 0.05) is 2.74 Å². The second-order valence-corrected chi connectivity index (χ2v) is 1.56. The highest BCUT2D eigenvalue weighted by molar-refractivity contribution is 5.96. The SMILES string of the molecule is [2H]C([2H])(C(=O)O)C(C(=O)O)C(=O)O. The number of carbonyl (C=O) groups is 3. The van der Waals surface area contributed by atoms with E-state index < -0.39 is 30.2 Å². The molecule has 0 aromatic heterocycles. The van der Waals surface area contributed by atoms with Crippen molar-refractivity contribution in [1.82, 2.24) is 0 Å². The minimum absolute atomic E-state index is 2.03. The molecule has 6 nitrogen and oxygen atoms in total. The van der Waals surface area contributed by atoms with Gasteiger partial charge in [-0.25, -0.2) is 0 Å². The highest BCUT2D eigenvalue weighted by Gasteiger charge is 2.28. The number of hydrogen-bond donors (Lipinski definition) is 3. The van der Waals surface area contributed by atoms with E-state index in [2.05, 4.69) is 0 Å². The molecule has 6 heteroatoms. The summed E-state index contributed by atoms with van der Waals surface area (Å²) in [7, 11) is 0. The molecule has 0 aromatic carbocycles. The molecule has 0 unspecified atom stereocenters. The summed E-state index contributed by atoms with van der Waals surface area (Å²) in [6.45, 7) is 0. The lowest BCUT2D eigenvalue weighted by Gasteiger charge is -2.01. The summed E-state index contributed by atoms with van der Waals surface area (Å²) >= 11 is 0. The molecule has 0 radical (unpaired) electrons. The smallest absolute Gasteiger partial charge is 0.318 e. The van der Waals surface area contributed by atoms with Crippen molar-refractivity contribution in [2.24, 2.45) is 5.92 Å². The van der Waals surface area contributed by atoms with Crippen LogP contribution in [-0.2, 0) is 14.4 Å². The van der Waals surface area contributed by atoms with E-state index in [0.29, 0.717) is 0 Å².